The van der Waals surface area contributed by atoms with Gasteiger partial charge in [-0.15, -0.1) is 16.4 Å². The molecule has 0 spiro atoms. The van der Waals surface area contributed by atoms with Crippen LogP contribution >= 0.6 is 34.5 Å². The highest BCUT2D eigenvalue weighted by atomic mass is 35.5. The third kappa shape index (κ3) is 3.34. The summed E-state index contributed by atoms with van der Waals surface area (Å²) in [5.74, 6) is 2.06. The highest BCUT2D eigenvalue weighted by Crippen LogP contribution is 2.37. The van der Waals surface area contributed by atoms with E-state index in [0.29, 0.717) is 20.4 Å². The molecule has 0 amide bonds. The molecule has 1 aliphatic rings. The second-order valence-electron chi connectivity index (χ2n) is 5.23. The van der Waals surface area contributed by atoms with Crippen LogP contribution in [0.5, 0.6) is 0 Å². The van der Waals surface area contributed by atoms with E-state index in [1.807, 2.05) is 13.1 Å². The molecule has 0 saturated carbocycles. The van der Waals surface area contributed by atoms with Gasteiger partial charge >= 0.3 is 0 Å². The number of anilines is 1. The first kappa shape index (κ1) is 15.1. The van der Waals surface area contributed by atoms with Gasteiger partial charge in [-0.2, -0.15) is 4.98 Å². The standard InChI is InChI=1S/C13H17Cl2N5S/c1-16-6-8-3-2-4-20(7-8)13-17-12(18-19-13)9-5-10(14)21-11(9)15/h5,8,16H,2-4,6-7H2,1H3,(H,17,18,19). The molecule has 8 heteroatoms. The lowest BCUT2D eigenvalue weighted by molar-refractivity contribution is 0.399. The molecule has 1 fully saturated rings. The summed E-state index contributed by atoms with van der Waals surface area (Å²) in [4.78, 5) is 6.80. The van der Waals surface area contributed by atoms with Crippen LogP contribution in [0.25, 0.3) is 11.4 Å². The first-order valence-corrected chi connectivity index (χ1v) is 8.51. The van der Waals surface area contributed by atoms with Crippen LogP contribution in [0.15, 0.2) is 6.07 Å². The summed E-state index contributed by atoms with van der Waals surface area (Å²) in [5, 5.41) is 10.5. The van der Waals surface area contributed by atoms with Gasteiger partial charge in [0.1, 0.15) is 4.34 Å². The average molecular weight is 346 g/mol. The van der Waals surface area contributed by atoms with Gasteiger partial charge in [0.05, 0.1) is 4.34 Å². The van der Waals surface area contributed by atoms with Crippen molar-refractivity contribution in [2.45, 2.75) is 12.8 Å². The fourth-order valence-corrected chi connectivity index (χ4v) is 4.18. The fourth-order valence-electron chi connectivity index (χ4n) is 2.72. The second kappa shape index (κ2) is 6.52. The molecule has 0 bridgehead atoms. The van der Waals surface area contributed by atoms with Crippen LogP contribution in [0.2, 0.25) is 8.67 Å². The topological polar surface area (TPSA) is 56.8 Å². The van der Waals surface area contributed by atoms with E-state index in [9.17, 15) is 0 Å². The summed E-state index contributed by atoms with van der Waals surface area (Å²) in [6.45, 7) is 3.01. The van der Waals surface area contributed by atoms with Crippen molar-refractivity contribution in [3.8, 4) is 11.4 Å². The molecule has 1 aliphatic heterocycles. The van der Waals surface area contributed by atoms with Crippen molar-refractivity contribution in [1.29, 1.82) is 0 Å². The van der Waals surface area contributed by atoms with Crippen LogP contribution in [0.4, 0.5) is 5.95 Å². The molecular weight excluding hydrogens is 329 g/mol. The minimum atomic E-state index is 0.634. The zero-order valence-electron chi connectivity index (χ0n) is 11.7. The summed E-state index contributed by atoms with van der Waals surface area (Å²) in [5.41, 5.74) is 0.814. The Kier molecular flexibility index (Phi) is 4.69. The molecule has 3 heterocycles. The van der Waals surface area contributed by atoms with Crippen molar-refractivity contribution in [1.82, 2.24) is 20.5 Å². The van der Waals surface area contributed by atoms with E-state index in [1.54, 1.807) is 0 Å². The van der Waals surface area contributed by atoms with E-state index >= 15 is 0 Å². The molecule has 21 heavy (non-hydrogen) atoms. The number of rotatable bonds is 4. The van der Waals surface area contributed by atoms with Gasteiger partial charge in [-0.3, -0.25) is 5.10 Å². The molecule has 2 aromatic rings. The molecule has 1 unspecified atom stereocenters. The first-order chi connectivity index (χ1) is 10.2. The number of nitrogens with zero attached hydrogens (tertiary/aromatic N) is 3. The van der Waals surface area contributed by atoms with Crippen molar-refractivity contribution in [2.24, 2.45) is 5.92 Å². The van der Waals surface area contributed by atoms with Crippen LogP contribution in [0.3, 0.4) is 0 Å². The number of aromatic nitrogens is 3. The van der Waals surface area contributed by atoms with Gasteiger partial charge in [0.25, 0.3) is 0 Å². The number of nitrogens with one attached hydrogen (secondary N) is 2. The highest BCUT2D eigenvalue weighted by Gasteiger charge is 2.23. The largest absolute Gasteiger partial charge is 0.339 e. The lowest BCUT2D eigenvalue weighted by atomic mass is 9.98. The summed E-state index contributed by atoms with van der Waals surface area (Å²) >= 11 is 13.5. The maximum atomic E-state index is 6.16. The van der Waals surface area contributed by atoms with Crippen LogP contribution in [0, 0.1) is 5.92 Å². The summed E-state index contributed by atoms with van der Waals surface area (Å²) in [6, 6.07) is 1.82. The SMILES string of the molecule is CNCC1CCCN(c2n[nH]c(-c3cc(Cl)sc3Cl)n2)C1. The molecule has 0 radical (unpaired) electrons. The normalized spacial score (nSPS) is 19.2. The lowest BCUT2D eigenvalue weighted by Gasteiger charge is -2.31. The minimum Gasteiger partial charge on any atom is -0.339 e. The van der Waals surface area contributed by atoms with E-state index in [-0.39, 0.29) is 0 Å². The second-order valence-corrected chi connectivity index (χ2v) is 7.52. The van der Waals surface area contributed by atoms with Crippen LogP contribution in [0.1, 0.15) is 12.8 Å². The number of halogens is 2. The number of piperidine rings is 1. The van der Waals surface area contributed by atoms with Gasteiger partial charge < -0.3 is 10.2 Å². The van der Waals surface area contributed by atoms with Gasteiger partial charge in [0.15, 0.2) is 5.82 Å². The average Bonchev–Trinajstić information content (AvgIpc) is 3.06. The van der Waals surface area contributed by atoms with E-state index in [1.165, 1.54) is 24.2 Å². The van der Waals surface area contributed by atoms with Gasteiger partial charge in [-0.05, 0) is 38.4 Å². The van der Waals surface area contributed by atoms with Gasteiger partial charge in [0, 0.05) is 18.7 Å². The van der Waals surface area contributed by atoms with Crippen molar-refractivity contribution >= 4 is 40.5 Å². The maximum absolute atomic E-state index is 6.16. The Morgan fingerprint density at radius 2 is 2.38 bits per heavy atom. The number of hydrogen-bond donors (Lipinski definition) is 2. The number of hydrogen-bond acceptors (Lipinski definition) is 5. The molecule has 2 aromatic heterocycles. The zero-order chi connectivity index (χ0) is 14.8. The summed E-state index contributed by atoms with van der Waals surface area (Å²) in [6.07, 6.45) is 2.42. The predicted molar refractivity (Wildman–Crippen MR) is 88.6 cm³/mol. The lowest BCUT2D eigenvalue weighted by Crippen LogP contribution is -2.39. The minimum absolute atomic E-state index is 0.634. The van der Waals surface area contributed by atoms with Gasteiger partial charge in [0.2, 0.25) is 5.95 Å². The molecule has 1 atom stereocenters. The Morgan fingerprint density at radius 3 is 3.10 bits per heavy atom. The summed E-state index contributed by atoms with van der Waals surface area (Å²) < 4.78 is 1.29. The molecule has 114 valence electrons. The van der Waals surface area contributed by atoms with Crippen molar-refractivity contribution < 1.29 is 0 Å². The highest BCUT2D eigenvalue weighted by molar-refractivity contribution is 7.20. The quantitative estimate of drug-likeness (QED) is 0.892. The van der Waals surface area contributed by atoms with Crippen LogP contribution < -0.4 is 10.2 Å². The monoisotopic (exact) mass is 345 g/mol. The Balaban J connectivity index is 1.77. The van der Waals surface area contributed by atoms with Gasteiger partial charge in [-0.25, -0.2) is 0 Å². The predicted octanol–water partition coefficient (Wildman–Crippen LogP) is 3.28. The van der Waals surface area contributed by atoms with E-state index < -0.39 is 0 Å². The number of H-pyrrole nitrogens is 1. The van der Waals surface area contributed by atoms with E-state index in [2.05, 4.69) is 25.4 Å². The maximum Gasteiger partial charge on any atom is 0.245 e. The van der Waals surface area contributed by atoms with Crippen molar-refractivity contribution in [2.75, 3.05) is 31.6 Å². The number of thiophene rings is 1. The van der Waals surface area contributed by atoms with Gasteiger partial charge in [-0.1, -0.05) is 23.2 Å². The van der Waals surface area contributed by atoms with Crippen LogP contribution in [-0.2, 0) is 0 Å². The van der Waals surface area contributed by atoms with E-state index in [4.69, 9.17) is 23.2 Å². The smallest absolute Gasteiger partial charge is 0.245 e. The molecule has 5 nitrogen and oxygen atoms in total. The fraction of sp³-hybridized carbons (Fsp3) is 0.538. The van der Waals surface area contributed by atoms with E-state index in [0.717, 1.165) is 31.1 Å². The van der Waals surface area contributed by atoms with Crippen molar-refractivity contribution in [3.63, 3.8) is 0 Å². The zero-order valence-corrected chi connectivity index (χ0v) is 14.0. The Bertz CT molecular complexity index is 609. The Hall–Kier alpha value is -0.820. The molecular formula is C13H17Cl2N5S. The Labute approximate surface area is 137 Å². The van der Waals surface area contributed by atoms with Crippen LogP contribution in [-0.4, -0.2) is 41.9 Å². The molecule has 1 saturated heterocycles. The Morgan fingerprint density at radius 1 is 1.52 bits per heavy atom. The molecule has 3 rings (SSSR count). The third-order valence-corrected chi connectivity index (χ3v) is 5.17. The first-order valence-electron chi connectivity index (χ1n) is 6.94. The summed E-state index contributed by atoms with van der Waals surface area (Å²) in [7, 11) is 1.99. The molecule has 0 aromatic carbocycles. The molecule has 2 N–H and O–H groups in total. The molecule has 0 aliphatic carbocycles. The number of aromatic amines is 1. The third-order valence-electron chi connectivity index (χ3n) is 3.68. The van der Waals surface area contributed by atoms with Crippen molar-refractivity contribution in [3.05, 3.63) is 14.7 Å².